The van der Waals surface area contributed by atoms with Crippen LogP contribution in [0.5, 0.6) is 0 Å². The number of hydrogen-bond donors (Lipinski definition) is 1. The maximum atomic E-state index is 11.5. The lowest BCUT2D eigenvalue weighted by Crippen LogP contribution is -2.18. The van der Waals surface area contributed by atoms with E-state index in [9.17, 15) is 9.59 Å². The molecule has 6 nitrogen and oxygen atoms in total. The first-order chi connectivity index (χ1) is 8.19. The Morgan fingerprint density at radius 2 is 2.06 bits per heavy atom. The molecule has 0 saturated heterocycles. The molecule has 0 amide bonds. The minimum atomic E-state index is -0.500. The van der Waals surface area contributed by atoms with Gasteiger partial charge in [-0.05, 0) is 13.8 Å². The van der Waals surface area contributed by atoms with Crippen LogP contribution < -0.4 is 5.32 Å². The van der Waals surface area contributed by atoms with Gasteiger partial charge in [-0.25, -0.2) is 9.78 Å². The quantitative estimate of drug-likeness (QED) is 0.775. The Balaban J connectivity index is 2.57. The van der Waals surface area contributed by atoms with E-state index in [1.54, 1.807) is 13.8 Å². The van der Waals surface area contributed by atoms with Crippen LogP contribution in [0.4, 0.5) is 5.00 Å². The van der Waals surface area contributed by atoms with E-state index < -0.39 is 5.97 Å². The second kappa shape index (κ2) is 6.85. The van der Waals surface area contributed by atoms with E-state index in [0.29, 0.717) is 11.6 Å². The second-order valence-corrected chi connectivity index (χ2v) is 3.76. The number of ether oxygens (including phenoxy) is 2. The van der Waals surface area contributed by atoms with Crippen LogP contribution in [-0.4, -0.2) is 36.7 Å². The smallest absolute Gasteiger partial charge is 0.360 e. The van der Waals surface area contributed by atoms with Crippen molar-refractivity contribution in [2.45, 2.75) is 13.8 Å². The Morgan fingerprint density at radius 1 is 1.35 bits per heavy atom. The molecule has 94 valence electrons. The van der Waals surface area contributed by atoms with E-state index >= 15 is 0 Å². The van der Waals surface area contributed by atoms with Crippen LogP contribution in [0.15, 0.2) is 5.51 Å². The average Bonchev–Trinajstić information content (AvgIpc) is 2.75. The minimum Gasteiger partial charge on any atom is -0.465 e. The van der Waals surface area contributed by atoms with Crippen LogP contribution in [0, 0.1) is 0 Å². The molecular weight excluding hydrogens is 244 g/mol. The van der Waals surface area contributed by atoms with E-state index in [0.717, 1.165) is 0 Å². The molecule has 0 bridgehead atoms. The third-order valence-electron chi connectivity index (χ3n) is 1.73. The van der Waals surface area contributed by atoms with Gasteiger partial charge in [0.15, 0.2) is 5.69 Å². The lowest BCUT2D eigenvalue weighted by atomic mass is 10.4. The van der Waals surface area contributed by atoms with E-state index in [-0.39, 0.29) is 24.8 Å². The summed E-state index contributed by atoms with van der Waals surface area (Å²) in [7, 11) is 0. The van der Waals surface area contributed by atoms with Gasteiger partial charge in [-0.15, -0.1) is 11.3 Å². The van der Waals surface area contributed by atoms with Crippen molar-refractivity contribution in [2.24, 2.45) is 0 Å². The van der Waals surface area contributed by atoms with Gasteiger partial charge >= 0.3 is 11.9 Å². The number of carbonyl (C=O) groups excluding carboxylic acids is 2. The van der Waals surface area contributed by atoms with Gasteiger partial charge in [0.05, 0.1) is 18.7 Å². The molecule has 7 heteroatoms. The predicted octanol–water partition coefficient (Wildman–Crippen LogP) is 1.29. The van der Waals surface area contributed by atoms with Crippen molar-refractivity contribution in [3.05, 3.63) is 11.2 Å². The molecule has 0 aliphatic carbocycles. The number of nitrogens with one attached hydrogen (secondary N) is 1. The third-order valence-corrected chi connectivity index (χ3v) is 2.52. The molecule has 1 aromatic rings. The lowest BCUT2D eigenvalue weighted by Gasteiger charge is -2.05. The molecule has 1 N–H and O–H groups in total. The fraction of sp³-hybridized carbons (Fsp3) is 0.500. The minimum absolute atomic E-state index is 0.00242. The number of anilines is 1. The van der Waals surface area contributed by atoms with Crippen molar-refractivity contribution >= 4 is 28.3 Å². The van der Waals surface area contributed by atoms with Crippen LogP contribution >= 0.6 is 11.3 Å². The highest BCUT2D eigenvalue weighted by Gasteiger charge is 2.16. The monoisotopic (exact) mass is 258 g/mol. The van der Waals surface area contributed by atoms with Gasteiger partial charge in [0.25, 0.3) is 0 Å². The number of aromatic nitrogens is 1. The first-order valence-corrected chi connectivity index (χ1v) is 6.07. The second-order valence-electron chi connectivity index (χ2n) is 2.91. The Labute approximate surface area is 103 Å². The van der Waals surface area contributed by atoms with Crippen LogP contribution in [-0.2, 0) is 14.3 Å². The standard InChI is InChI=1S/C10H14N2O4S/c1-3-15-7(13)5-11-9-8(12-6-17-9)10(14)16-4-2/h6,11H,3-5H2,1-2H3. The molecule has 0 aromatic carbocycles. The van der Waals surface area contributed by atoms with Crippen LogP contribution in [0.2, 0.25) is 0 Å². The molecule has 0 unspecified atom stereocenters. The summed E-state index contributed by atoms with van der Waals surface area (Å²) in [4.78, 5) is 26.5. The molecule has 0 aliphatic heterocycles. The molecule has 0 radical (unpaired) electrons. The summed E-state index contributed by atoms with van der Waals surface area (Å²) in [6.07, 6.45) is 0. The van der Waals surface area contributed by atoms with E-state index in [1.165, 1.54) is 16.8 Å². The largest absolute Gasteiger partial charge is 0.465 e. The van der Waals surface area contributed by atoms with Crippen molar-refractivity contribution in [1.82, 2.24) is 4.98 Å². The normalized spacial score (nSPS) is 9.76. The van der Waals surface area contributed by atoms with Gasteiger partial charge < -0.3 is 14.8 Å². The number of rotatable bonds is 6. The van der Waals surface area contributed by atoms with Gasteiger partial charge in [-0.3, -0.25) is 4.79 Å². The molecule has 0 saturated carbocycles. The molecule has 0 aliphatic rings. The highest BCUT2D eigenvalue weighted by Crippen LogP contribution is 2.20. The van der Waals surface area contributed by atoms with Crippen LogP contribution in [0.25, 0.3) is 0 Å². The number of carbonyl (C=O) groups is 2. The molecule has 1 rings (SSSR count). The maximum absolute atomic E-state index is 11.5. The molecule has 0 fully saturated rings. The summed E-state index contributed by atoms with van der Waals surface area (Å²) < 4.78 is 9.58. The Bertz CT molecular complexity index is 391. The molecule has 0 atom stereocenters. The summed E-state index contributed by atoms with van der Waals surface area (Å²) >= 11 is 1.23. The summed E-state index contributed by atoms with van der Waals surface area (Å²) in [6, 6.07) is 0. The van der Waals surface area contributed by atoms with Crippen molar-refractivity contribution in [1.29, 1.82) is 0 Å². The SMILES string of the molecule is CCOC(=O)CNc1scnc1C(=O)OCC. The zero-order valence-electron chi connectivity index (χ0n) is 9.69. The molecule has 0 spiro atoms. The molecule has 1 heterocycles. The number of nitrogens with zero attached hydrogens (tertiary/aromatic N) is 1. The topological polar surface area (TPSA) is 77.5 Å². The Morgan fingerprint density at radius 3 is 2.71 bits per heavy atom. The lowest BCUT2D eigenvalue weighted by molar-refractivity contribution is -0.140. The third kappa shape index (κ3) is 4.03. The highest BCUT2D eigenvalue weighted by atomic mass is 32.1. The van der Waals surface area contributed by atoms with E-state index in [2.05, 4.69) is 10.3 Å². The molecular formula is C10H14N2O4S. The van der Waals surface area contributed by atoms with Gasteiger partial charge in [0, 0.05) is 0 Å². The van der Waals surface area contributed by atoms with E-state index in [1.807, 2.05) is 0 Å². The van der Waals surface area contributed by atoms with Crippen molar-refractivity contribution in [3.63, 3.8) is 0 Å². The van der Waals surface area contributed by atoms with Crippen molar-refractivity contribution in [2.75, 3.05) is 25.1 Å². The van der Waals surface area contributed by atoms with E-state index in [4.69, 9.17) is 9.47 Å². The number of thiazole rings is 1. The van der Waals surface area contributed by atoms with Gasteiger partial charge in [-0.1, -0.05) is 0 Å². The summed E-state index contributed by atoms with van der Waals surface area (Å²) in [5.41, 5.74) is 1.71. The van der Waals surface area contributed by atoms with Crippen molar-refractivity contribution < 1.29 is 19.1 Å². The Kier molecular flexibility index (Phi) is 5.41. The number of hydrogen-bond acceptors (Lipinski definition) is 7. The van der Waals surface area contributed by atoms with Crippen LogP contribution in [0.1, 0.15) is 24.3 Å². The molecule has 17 heavy (non-hydrogen) atoms. The van der Waals surface area contributed by atoms with Gasteiger partial charge in [0.2, 0.25) is 0 Å². The number of esters is 2. The average molecular weight is 258 g/mol. The van der Waals surface area contributed by atoms with Crippen molar-refractivity contribution in [3.8, 4) is 0 Å². The fourth-order valence-electron chi connectivity index (χ4n) is 1.08. The zero-order valence-corrected chi connectivity index (χ0v) is 10.5. The maximum Gasteiger partial charge on any atom is 0.360 e. The highest BCUT2D eigenvalue weighted by molar-refractivity contribution is 7.14. The summed E-state index contributed by atoms with van der Waals surface area (Å²) in [5.74, 6) is -0.879. The first kappa shape index (κ1) is 13.4. The van der Waals surface area contributed by atoms with Crippen LogP contribution in [0.3, 0.4) is 0 Å². The summed E-state index contributed by atoms with van der Waals surface area (Å²) in [6.45, 7) is 4.06. The predicted molar refractivity (Wildman–Crippen MR) is 63.2 cm³/mol. The fourth-order valence-corrected chi connectivity index (χ4v) is 1.75. The summed E-state index contributed by atoms with van der Waals surface area (Å²) in [5, 5.41) is 3.31. The first-order valence-electron chi connectivity index (χ1n) is 5.19. The van der Waals surface area contributed by atoms with Gasteiger partial charge in [-0.2, -0.15) is 0 Å². The zero-order chi connectivity index (χ0) is 12.7. The molecule has 1 aromatic heterocycles. The van der Waals surface area contributed by atoms with Gasteiger partial charge in [0.1, 0.15) is 11.5 Å². The Hall–Kier alpha value is -1.63.